The first-order valence-electron chi connectivity index (χ1n) is 8.32. The fraction of sp³-hybridized carbons (Fsp3) is 0.611. The number of carbonyl (C=O) groups excluding carboxylic acids is 1. The molecule has 22 heavy (non-hydrogen) atoms. The molecule has 0 radical (unpaired) electrons. The predicted octanol–water partition coefficient (Wildman–Crippen LogP) is 3.06. The molecule has 2 aliphatic carbocycles. The van der Waals surface area contributed by atoms with E-state index in [1.807, 2.05) is 0 Å². The van der Waals surface area contributed by atoms with E-state index in [1.165, 1.54) is 6.07 Å². The zero-order valence-electron chi connectivity index (χ0n) is 12.9. The normalized spacial score (nSPS) is 22.6. The van der Waals surface area contributed by atoms with E-state index in [9.17, 15) is 14.3 Å². The maximum atomic E-state index is 14.0. The summed E-state index contributed by atoms with van der Waals surface area (Å²) in [5.74, 6) is -0.460. The van der Waals surface area contributed by atoms with Crippen molar-refractivity contribution in [2.45, 2.75) is 62.4 Å². The highest BCUT2D eigenvalue weighted by Crippen LogP contribution is 2.49. The van der Waals surface area contributed by atoms with Crippen LogP contribution in [-0.2, 0) is 10.2 Å². The van der Waals surface area contributed by atoms with Gasteiger partial charge in [0.1, 0.15) is 5.82 Å². The van der Waals surface area contributed by atoms with Crippen molar-refractivity contribution < 1.29 is 14.3 Å². The highest BCUT2D eigenvalue weighted by molar-refractivity contribution is 5.91. The highest BCUT2D eigenvalue weighted by Gasteiger charge is 2.52. The van der Waals surface area contributed by atoms with Crippen LogP contribution in [0.4, 0.5) is 4.39 Å². The second kappa shape index (κ2) is 5.99. The molecule has 0 bridgehead atoms. The average Bonchev–Trinajstić information content (AvgIpc) is 3.32. The fourth-order valence-electron chi connectivity index (χ4n) is 3.57. The van der Waals surface area contributed by atoms with Crippen LogP contribution >= 0.6 is 0 Å². The standard InChI is InChI=1S/C18H24FNO2/c19-15-8-4-3-7-14(15)18(11-12-18)16(21)20-13-17(22)9-5-1-2-6-10-17/h3-4,7-8,22H,1-2,5-6,9-13H2,(H,20,21). The second-order valence-electron chi connectivity index (χ2n) is 6.88. The molecule has 120 valence electrons. The molecule has 1 aromatic carbocycles. The highest BCUT2D eigenvalue weighted by atomic mass is 19.1. The van der Waals surface area contributed by atoms with Gasteiger partial charge in [-0.1, -0.05) is 43.9 Å². The molecule has 2 fully saturated rings. The van der Waals surface area contributed by atoms with Crippen molar-refractivity contribution in [3.63, 3.8) is 0 Å². The van der Waals surface area contributed by atoms with Gasteiger partial charge in [0.05, 0.1) is 11.0 Å². The van der Waals surface area contributed by atoms with Gasteiger partial charge in [0.2, 0.25) is 5.91 Å². The molecule has 1 aromatic rings. The molecule has 1 amide bonds. The largest absolute Gasteiger partial charge is 0.388 e. The molecule has 2 N–H and O–H groups in total. The molecule has 4 heteroatoms. The summed E-state index contributed by atoms with van der Waals surface area (Å²) in [4.78, 5) is 12.6. The van der Waals surface area contributed by atoms with Crippen LogP contribution in [0.1, 0.15) is 56.9 Å². The topological polar surface area (TPSA) is 49.3 Å². The predicted molar refractivity (Wildman–Crippen MR) is 83.0 cm³/mol. The molecule has 0 atom stereocenters. The van der Waals surface area contributed by atoms with Crippen molar-refractivity contribution in [2.24, 2.45) is 0 Å². The van der Waals surface area contributed by atoms with Gasteiger partial charge in [-0.2, -0.15) is 0 Å². The molecular formula is C18H24FNO2. The van der Waals surface area contributed by atoms with Crippen LogP contribution in [-0.4, -0.2) is 23.2 Å². The summed E-state index contributed by atoms with van der Waals surface area (Å²) < 4.78 is 14.0. The minimum atomic E-state index is -0.794. The summed E-state index contributed by atoms with van der Waals surface area (Å²) in [6, 6.07) is 6.51. The quantitative estimate of drug-likeness (QED) is 0.840. The first-order valence-corrected chi connectivity index (χ1v) is 8.32. The summed E-state index contributed by atoms with van der Waals surface area (Å²) in [6.45, 7) is 0.280. The Morgan fingerprint density at radius 2 is 1.73 bits per heavy atom. The number of hydrogen-bond acceptors (Lipinski definition) is 2. The van der Waals surface area contributed by atoms with Crippen LogP contribution in [0.15, 0.2) is 24.3 Å². The minimum Gasteiger partial charge on any atom is -0.388 e. The molecule has 3 rings (SSSR count). The van der Waals surface area contributed by atoms with Crippen LogP contribution in [0, 0.1) is 5.82 Å². The van der Waals surface area contributed by atoms with E-state index in [2.05, 4.69) is 5.32 Å². The fourth-order valence-corrected chi connectivity index (χ4v) is 3.57. The number of nitrogens with one attached hydrogen (secondary N) is 1. The maximum absolute atomic E-state index is 14.0. The Kier molecular flexibility index (Phi) is 4.22. The maximum Gasteiger partial charge on any atom is 0.230 e. The molecule has 0 heterocycles. The summed E-state index contributed by atoms with van der Waals surface area (Å²) in [6.07, 6.45) is 7.14. The summed E-state index contributed by atoms with van der Waals surface area (Å²) in [5.41, 5.74) is -1.02. The van der Waals surface area contributed by atoms with Gasteiger partial charge in [0.15, 0.2) is 0 Å². The number of hydrogen-bond donors (Lipinski definition) is 2. The third kappa shape index (κ3) is 3.02. The Balaban J connectivity index is 1.66. The zero-order valence-corrected chi connectivity index (χ0v) is 12.9. The Bertz CT molecular complexity index is 546. The van der Waals surface area contributed by atoms with Gasteiger partial charge in [-0.25, -0.2) is 4.39 Å². The van der Waals surface area contributed by atoms with Crippen molar-refractivity contribution in [1.29, 1.82) is 0 Å². The van der Waals surface area contributed by atoms with Gasteiger partial charge < -0.3 is 10.4 Å². The molecule has 0 spiro atoms. The first kappa shape index (κ1) is 15.5. The van der Waals surface area contributed by atoms with Gasteiger partial charge in [-0.15, -0.1) is 0 Å². The molecule has 0 aromatic heterocycles. The van der Waals surface area contributed by atoms with Gasteiger partial charge in [0, 0.05) is 12.1 Å². The van der Waals surface area contributed by atoms with E-state index in [-0.39, 0.29) is 18.3 Å². The van der Waals surface area contributed by atoms with E-state index >= 15 is 0 Å². The lowest BCUT2D eigenvalue weighted by Crippen LogP contribution is -2.46. The number of carbonyl (C=O) groups is 1. The van der Waals surface area contributed by atoms with Crippen molar-refractivity contribution in [1.82, 2.24) is 5.32 Å². The van der Waals surface area contributed by atoms with Crippen molar-refractivity contribution in [2.75, 3.05) is 6.54 Å². The van der Waals surface area contributed by atoms with Crippen molar-refractivity contribution in [3.8, 4) is 0 Å². The zero-order chi connectivity index (χ0) is 15.6. The molecule has 3 nitrogen and oxygen atoms in total. The van der Waals surface area contributed by atoms with Crippen LogP contribution in [0.5, 0.6) is 0 Å². The Morgan fingerprint density at radius 1 is 1.09 bits per heavy atom. The molecule has 0 aliphatic heterocycles. The monoisotopic (exact) mass is 305 g/mol. The number of halogens is 1. The van der Waals surface area contributed by atoms with Gasteiger partial charge in [0.25, 0.3) is 0 Å². The Hall–Kier alpha value is -1.42. The van der Waals surface area contributed by atoms with Crippen molar-refractivity contribution >= 4 is 5.91 Å². The average molecular weight is 305 g/mol. The SMILES string of the molecule is O=C(NCC1(O)CCCCCC1)C1(c2ccccc2F)CC1. The summed E-state index contributed by atoms with van der Waals surface area (Å²) >= 11 is 0. The van der Waals surface area contributed by atoms with Gasteiger partial charge >= 0.3 is 0 Å². The molecule has 0 unspecified atom stereocenters. The number of benzene rings is 1. The third-order valence-electron chi connectivity index (χ3n) is 5.19. The Morgan fingerprint density at radius 3 is 2.32 bits per heavy atom. The third-order valence-corrected chi connectivity index (χ3v) is 5.19. The lowest BCUT2D eigenvalue weighted by molar-refractivity contribution is -0.125. The molecule has 0 saturated heterocycles. The van der Waals surface area contributed by atoms with Gasteiger partial charge in [-0.3, -0.25) is 4.79 Å². The van der Waals surface area contributed by atoms with Crippen LogP contribution in [0.25, 0.3) is 0 Å². The van der Waals surface area contributed by atoms with Gasteiger partial charge in [-0.05, 0) is 31.7 Å². The van der Waals surface area contributed by atoms with E-state index in [0.29, 0.717) is 18.4 Å². The first-order chi connectivity index (χ1) is 10.6. The molecular weight excluding hydrogens is 281 g/mol. The molecule has 2 aliphatic rings. The van der Waals surface area contributed by atoms with E-state index < -0.39 is 11.0 Å². The van der Waals surface area contributed by atoms with Crippen LogP contribution < -0.4 is 5.32 Å². The lowest BCUT2D eigenvalue weighted by atomic mass is 9.92. The van der Waals surface area contributed by atoms with E-state index in [4.69, 9.17) is 0 Å². The Labute approximate surface area is 130 Å². The van der Waals surface area contributed by atoms with E-state index in [0.717, 1.165) is 38.5 Å². The molecule has 2 saturated carbocycles. The van der Waals surface area contributed by atoms with E-state index in [1.54, 1.807) is 18.2 Å². The van der Waals surface area contributed by atoms with Crippen molar-refractivity contribution in [3.05, 3.63) is 35.6 Å². The number of amides is 1. The second-order valence-corrected chi connectivity index (χ2v) is 6.88. The number of aliphatic hydroxyl groups is 1. The van der Waals surface area contributed by atoms with Crippen LogP contribution in [0.3, 0.4) is 0 Å². The number of rotatable bonds is 4. The minimum absolute atomic E-state index is 0.143. The van der Waals surface area contributed by atoms with Crippen LogP contribution in [0.2, 0.25) is 0 Å². The summed E-state index contributed by atoms with van der Waals surface area (Å²) in [5, 5.41) is 13.5. The lowest BCUT2D eigenvalue weighted by Gasteiger charge is -2.28. The summed E-state index contributed by atoms with van der Waals surface area (Å²) in [7, 11) is 0. The smallest absolute Gasteiger partial charge is 0.230 e.